The molecule has 4 amide bonds. The number of benzene rings is 2. The molecular formula is C21H19N3O4. The Morgan fingerprint density at radius 3 is 1.93 bits per heavy atom. The average molecular weight is 377 g/mol. The third-order valence-electron chi connectivity index (χ3n) is 4.95. The molecule has 0 saturated carbocycles. The molecule has 142 valence electrons. The average Bonchev–Trinajstić information content (AvgIpc) is 3.27. The van der Waals surface area contributed by atoms with Gasteiger partial charge in [0.2, 0.25) is 17.7 Å². The molecule has 7 nitrogen and oxygen atoms in total. The lowest BCUT2D eigenvalue weighted by atomic mass is 10.1. The van der Waals surface area contributed by atoms with E-state index in [1.807, 2.05) is 12.1 Å². The third kappa shape index (κ3) is 3.38. The van der Waals surface area contributed by atoms with E-state index in [4.69, 9.17) is 0 Å². The molecule has 4 rings (SSSR count). The molecule has 2 heterocycles. The first-order valence-corrected chi connectivity index (χ1v) is 9.20. The van der Waals surface area contributed by atoms with E-state index in [9.17, 15) is 19.2 Å². The molecule has 0 bridgehead atoms. The normalized spacial score (nSPS) is 16.8. The zero-order valence-electron chi connectivity index (χ0n) is 15.2. The van der Waals surface area contributed by atoms with Crippen molar-refractivity contribution in [2.45, 2.75) is 25.7 Å². The number of anilines is 3. The van der Waals surface area contributed by atoms with E-state index < -0.39 is 0 Å². The van der Waals surface area contributed by atoms with E-state index in [-0.39, 0.29) is 36.5 Å². The number of hydrogen-bond donors (Lipinski definition) is 1. The van der Waals surface area contributed by atoms with Crippen molar-refractivity contribution in [1.82, 2.24) is 0 Å². The minimum atomic E-state index is -0.296. The van der Waals surface area contributed by atoms with Crippen LogP contribution in [0.4, 0.5) is 17.1 Å². The summed E-state index contributed by atoms with van der Waals surface area (Å²) in [6, 6.07) is 13.5. The number of hydrogen-bond acceptors (Lipinski definition) is 4. The molecule has 0 aliphatic carbocycles. The van der Waals surface area contributed by atoms with Crippen molar-refractivity contribution in [3.63, 3.8) is 0 Å². The van der Waals surface area contributed by atoms with Gasteiger partial charge in [0, 0.05) is 42.7 Å². The Morgan fingerprint density at radius 1 is 0.750 bits per heavy atom. The zero-order valence-corrected chi connectivity index (χ0v) is 15.2. The van der Waals surface area contributed by atoms with Crippen LogP contribution in [0.15, 0.2) is 48.5 Å². The largest absolute Gasteiger partial charge is 0.322 e. The molecule has 2 aromatic carbocycles. The number of carbonyl (C=O) groups excluding carboxylic acids is 4. The Labute approximate surface area is 161 Å². The van der Waals surface area contributed by atoms with Crippen molar-refractivity contribution in [3.05, 3.63) is 54.1 Å². The van der Waals surface area contributed by atoms with E-state index in [1.165, 1.54) is 0 Å². The molecule has 0 radical (unpaired) electrons. The second kappa shape index (κ2) is 7.26. The number of nitrogens with zero attached hydrogens (tertiary/aromatic N) is 2. The lowest BCUT2D eigenvalue weighted by Gasteiger charge is -2.16. The highest BCUT2D eigenvalue weighted by Gasteiger charge is 2.30. The van der Waals surface area contributed by atoms with Crippen LogP contribution in [-0.2, 0) is 14.4 Å². The summed E-state index contributed by atoms with van der Waals surface area (Å²) >= 11 is 0. The molecule has 1 N–H and O–H groups in total. The smallest absolute Gasteiger partial charge is 0.255 e. The van der Waals surface area contributed by atoms with Gasteiger partial charge in [-0.3, -0.25) is 24.1 Å². The SMILES string of the molecule is O=C(Nc1ccc(N2CCCC2=O)cc1)c1ccc(N2C(=O)CCC2=O)cc1. The minimum absolute atomic E-state index is 0.117. The number of amides is 4. The Bertz CT molecular complexity index is 935. The van der Waals surface area contributed by atoms with Crippen LogP contribution in [0.1, 0.15) is 36.0 Å². The Balaban J connectivity index is 1.43. The van der Waals surface area contributed by atoms with E-state index in [2.05, 4.69) is 5.32 Å². The first-order valence-electron chi connectivity index (χ1n) is 9.20. The predicted octanol–water partition coefficient (Wildman–Crippen LogP) is 2.72. The van der Waals surface area contributed by atoms with Crippen LogP contribution in [0.2, 0.25) is 0 Å². The number of nitrogens with one attached hydrogen (secondary N) is 1. The highest BCUT2D eigenvalue weighted by molar-refractivity contribution is 6.20. The van der Waals surface area contributed by atoms with Crippen LogP contribution in [-0.4, -0.2) is 30.2 Å². The van der Waals surface area contributed by atoms with Crippen LogP contribution in [0.25, 0.3) is 0 Å². The highest BCUT2D eigenvalue weighted by Crippen LogP contribution is 2.25. The second-order valence-corrected chi connectivity index (χ2v) is 6.82. The Morgan fingerprint density at radius 2 is 1.36 bits per heavy atom. The molecule has 2 aliphatic rings. The standard InChI is InChI=1S/C21H19N3O4/c25-18-2-1-13-23(18)16-9-5-15(6-10-16)22-21(28)14-3-7-17(8-4-14)24-19(26)11-12-20(24)27/h3-10H,1-2,11-13H2,(H,22,28). The molecule has 2 aromatic rings. The molecule has 2 aliphatic heterocycles. The number of carbonyl (C=O) groups is 4. The summed E-state index contributed by atoms with van der Waals surface area (Å²) in [6.45, 7) is 0.721. The maximum atomic E-state index is 12.4. The lowest BCUT2D eigenvalue weighted by molar-refractivity contribution is -0.121. The van der Waals surface area contributed by atoms with Gasteiger partial charge in [0.05, 0.1) is 5.69 Å². The molecule has 0 aromatic heterocycles. The molecule has 0 unspecified atom stereocenters. The van der Waals surface area contributed by atoms with Crippen LogP contribution < -0.4 is 15.1 Å². The maximum absolute atomic E-state index is 12.4. The summed E-state index contributed by atoms with van der Waals surface area (Å²) in [4.78, 5) is 50.7. The molecule has 28 heavy (non-hydrogen) atoms. The van der Waals surface area contributed by atoms with Crippen molar-refractivity contribution in [2.24, 2.45) is 0 Å². The van der Waals surface area contributed by atoms with Gasteiger partial charge < -0.3 is 10.2 Å². The second-order valence-electron chi connectivity index (χ2n) is 6.82. The fraction of sp³-hybridized carbons (Fsp3) is 0.238. The fourth-order valence-corrected chi connectivity index (χ4v) is 3.48. The summed E-state index contributed by atoms with van der Waals surface area (Å²) in [5, 5.41) is 2.80. The van der Waals surface area contributed by atoms with E-state index in [1.54, 1.807) is 41.3 Å². The van der Waals surface area contributed by atoms with E-state index in [0.29, 0.717) is 23.4 Å². The minimum Gasteiger partial charge on any atom is -0.322 e. The van der Waals surface area contributed by atoms with Crippen molar-refractivity contribution >= 4 is 40.7 Å². The molecule has 2 fully saturated rings. The third-order valence-corrected chi connectivity index (χ3v) is 4.95. The van der Waals surface area contributed by atoms with Crippen LogP contribution in [0, 0.1) is 0 Å². The molecule has 0 atom stereocenters. The monoisotopic (exact) mass is 377 g/mol. The Hall–Kier alpha value is -3.48. The summed E-state index contributed by atoms with van der Waals surface area (Å²) in [5.41, 5.74) is 2.34. The van der Waals surface area contributed by atoms with Crippen molar-refractivity contribution < 1.29 is 19.2 Å². The van der Waals surface area contributed by atoms with Gasteiger partial charge in [0.1, 0.15) is 0 Å². The van der Waals surface area contributed by atoms with Gasteiger partial charge in [-0.15, -0.1) is 0 Å². The summed E-state index contributed by atoms with van der Waals surface area (Å²) in [7, 11) is 0. The summed E-state index contributed by atoms with van der Waals surface area (Å²) in [6.07, 6.45) is 1.88. The highest BCUT2D eigenvalue weighted by atomic mass is 16.2. The van der Waals surface area contributed by atoms with Gasteiger partial charge in [-0.1, -0.05) is 0 Å². The number of imide groups is 1. The zero-order chi connectivity index (χ0) is 19.7. The van der Waals surface area contributed by atoms with E-state index >= 15 is 0 Å². The fourth-order valence-electron chi connectivity index (χ4n) is 3.48. The molecule has 2 saturated heterocycles. The van der Waals surface area contributed by atoms with Crippen LogP contribution in [0.5, 0.6) is 0 Å². The molecule has 7 heteroatoms. The van der Waals surface area contributed by atoms with Gasteiger partial charge in [0.25, 0.3) is 5.91 Å². The van der Waals surface area contributed by atoms with Crippen molar-refractivity contribution in [3.8, 4) is 0 Å². The Kier molecular flexibility index (Phi) is 4.65. The first-order chi connectivity index (χ1) is 13.5. The van der Waals surface area contributed by atoms with Gasteiger partial charge in [-0.25, -0.2) is 0 Å². The van der Waals surface area contributed by atoms with Crippen LogP contribution in [0.3, 0.4) is 0 Å². The maximum Gasteiger partial charge on any atom is 0.255 e. The quantitative estimate of drug-likeness (QED) is 0.830. The lowest BCUT2D eigenvalue weighted by Crippen LogP contribution is -2.28. The number of rotatable bonds is 4. The van der Waals surface area contributed by atoms with Crippen molar-refractivity contribution in [2.75, 3.05) is 21.7 Å². The topological polar surface area (TPSA) is 86.8 Å². The molecule has 0 spiro atoms. The molecular weight excluding hydrogens is 358 g/mol. The van der Waals surface area contributed by atoms with Gasteiger partial charge in [-0.05, 0) is 55.0 Å². The van der Waals surface area contributed by atoms with Crippen molar-refractivity contribution in [1.29, 1.82) is 0 Å². The summed E-state index contributed by atoms with van der Waals surface area (Å²) in [5.74, 6) is -0.625. The first kappa shape index (κ1) is 17.9. The van der Waals surface area contributed by atoms with Gasteiger partial charge in [-0.2, -0.15) is 0 Å². The van der Waals surface area contributed by atoms with E-state index in [0.717, 1.165) is 23.6 Å². The summed E-state index contributed by atoms with van der Waals surface area (Å²) < 4.78 is 0. The predicted molar refractivity (Wildman–Crippen MR) is 104 cm³/mol. The van der Waals surface area contributed by atoms with Gasteiger partial charge in [0.15, 0.2) is 0 Å². The van der Waals surface area contributed by atoms with Crippen LogP contribution >= 0.6 is 0 Å². The van der Waals surface area contributed by atoms with Gasteiger partial charge >= 0.3 is 0 Å².